The Morgan fingerprint density at radius 3 is 2.02 bits per heavy atom. The van der Waals surface area contributed by atoms with Gasteiger partial charge >= 0.3 is 12.1 Å². The molecule has 0 heterocycles. The number of nitrogens with one attached hydrogen (secondary N) is 2. The minimum Gasteiger partial charge on any atom is -0.480 e. The van der Waals surface area contributed by atoms with Crippen LogP contribution in [0.25, 0.3) is 11.1 Å². The number of nitrogens with zero attached hydrogens (tertiary/aromatic N) is 1. The molecule has 9 nitrogen and oxygen atoms in total. The molecule has 0 fully saturated rings. The number of amides is 2. The number of rotatable bonds is 12. The number of carboxylic acid groups (broad SMARTS) is 1. The average Bonchev–Trinajstić information content (AvgIpc) is 3.27. The molecule has 1 aliphatic rings. The van der Waals surface area contributed by atoms with Crippen molar-refractivity contribution in [2.75, 3.05) is 27.2 Å². The topological polar surface area (TPSA) is 117 Å². The summed E-state index contributed by atoms with van der Waals surface area (Å²) in [7, 11) is 3.42. The quantitative estimate of drug-likeness (QED) is 0.318. The Hall–Kier alpha value is -4.21. The molecule has 3 aromatic rings. The van der Waals surface area contributed by atoms with Crippen molar-refractivity contribution in [3.05, 3.63) is 95.6 Å². The van der Waals surface area contributed by atoms with E-state index >= 15 is 0 Å². The van der Waals surface area contributed by atoms with Crippen molar-refractivity contribution in [2.45, 2.75) is 37.6 Å². The van der Waals surface area contributed by atoms with Gasteiger partial charge in [-0.3, -0.25) is 4.79 Å². The fraction of sp³-hybridized carbons (Fsp3) is 0.323. The molecule has 2 amide bonds. The molecule has 4 rings (SSSR count). The van der Waals surface area contributed by atoms with Crippen LogP contribution in [0.15, 0.2) is 78.9 Å². The van der Waals surface area contributed by atoms with E-state index in [2.05, 4.69) is 10.6 Å². The molecular weight excluding hydrogens is 510 g/mol. The van der Waals surface area contributed by atoms with Crippen molar-refractivity contribution in [3.8, 4) is 11.1 Å². The second kappa shape index (κ2) is 13.2. The highest BCUT2D eigenvalue weighted by Gasteiger charge is 2.33. The van der Waals surface area contributed by atoms with Crippen LogP contribution < -0.4 is 10.6 Å². The molecule has 40 heavy (non-hydrogen) atoms. The van der Waals surface area contributed by atoms with Gasteiger partial charge in [-0.1, -0.05) is 78.9 Å². The van der Waals surface area contributed by atoms with Crippen LogP contribution in [-0.2, 0) is 25.7 Å². The summed E-state index contributed by atoms with van der Waals surface area (Å²) in [6, 6.07) is 23.1. The van der Waals surface area contributed by atoms with Crippen LogP contribution in [-0.4, -0.2) is 73.4 Å². The van der Waals surface area contributed by atoms with Gasteiger partial charge in [-0.25, -0.2) is 9.59 Å². The highest BCUT2D eigenvalue weighted by molar-refractivity contribution is 5.90. The Labute approximate surface area is 234 Å². The van der Waals surface area contributed by atoms with Crippen LogP contribution in [0.1, 0.15) is 29.5 Å². The summed E-state index contributed by atoms with van der Waals surface area (Å²) in [5, 5.41) is 14.7. The van der Waals surface area contributed by atoms with E-state index < -0.39 is 36.2 Å². The standard InChI is InChI=1S/C31H35N3O6/c1-20(39-18-21-11-5-4-6-12-21)28(29(35)32-27(30(36)37)17-34(2)3)33-31(38)40-19-26-24-15-9-7-13-22(24)23-14-8-10-16-25(23)26/h4-16,20,26-28H,17-19H2,1-3H3,(H,32,35)(H,33,38)(H,36,37)/t20?,27-,28?/m0/s1. The van der Waals surface area contributed by atoms with E-state index in [0.717, 1.165) is 27.8 Å². The first-order valence-electron chi connectivity index (χ1n) is 13.2. The number of aliphatic carboxylic acids is 1. The molecule has 0 aliphatic heterocycles. The Bertz CT molecular complexity index is 1280. The molecule has 9 heteroatoms. The van der Waals surface area contributed by atoms with Gasteiger partial charge in [0, 0.05) is 12.5 Å². The number of carbonyl (C=O) groups excluding carboxylic acids is 2. The van der Waals surface area contributed by atoms with Crippen molar-refractivity contribution in [3.63, 3.8) is 0 Å². The normalized spacial score (nSPS) is 14.5. The van der Waals surface area contributed by atoms with Crippen molar-refractivity contribution >= 4 is 18.0 Å². The van der Waals surface area contributed by atoms with Gasteiger partial charge in [0.05, 0.1) is 12.7 Å². The molecule has 3 aromatic carbocycles. The lowest BCUT2D eigenvalue weighted by atomic mass is 9.98. The van der Waals surface area contributed by atoms with E-state index in [0.29, 0.717) is 0 Å². The van der Waals surface area contributed by atoms with Crippen molar-refractivity contribution in [1.29, 1.82) is 0 Å². The first-order valence-corrected chi connectivity index (χ1v) is 13.2. The first-order chi connectivity index (χ1) is 19.2. The van der Waals surface area contributed by atoms with Gasteiger partial charge in [-0.15, -0.1) is 0 Å². The van der Waals surface area contributed by atoms with Crippen LogP contribution in [0.3, 0.4) is 0 Å². The maximum atomic E-state index is 13.3. The zero-order valence-corrected chi connectivity index (χ0v) is 22.9. The van der Waals surface area contributed by atoms with E-state index in [9.17, 15) is 19.5 Å². The van der Waals surface area contributed by atoms with Crippen LogP contribution in [0.4, 0.5) is 4.79 Å². The highest BCUT2D eigenvalue weighted by Crippen LogP contribution is 2.44. The average molecular weight is 546 g/mol. The minimum absolute atomic E-state index is 0.0752. The molecule has 0 radical (unpaired) electrons. The van der Waals surface area contributed by atoms with Gasteiger partial charge in [-0.2, -0.15) is 0 Å². The minimum atomic E-state index is -1.19. The number of fused-ring (bicyclic) bond motifs is 3. The fourth-order valence-corrected chi connectivity index (χ4v) is 4.87. The second-order valence-electron chi connectivity index (χ2n) is 10.1. The van der Waals surface area contributed by atoms with Crippen LogP contribution in [0.5, 0.6) is 0 Å². The molecule has 3 atom stereocenters. The third kappa shape index (κ3) is 7.05. The van der Waals surface area contributed by atoms with Crippen LogP contribution in [0.2, 0.25) is 0 Å². The number of carbonyl (C=O) groups is 3. The van der Waals surface area contributed by atoms with E-state index in [4.69, 9.17) is 9.47 Å². The van der Waals surface area contributed by atoms with Crippen molar-refractivity contribution in [1.82, 2.24) is 15.5 Å². The molecule has 0 bridgehead atoms. The Morgan fingerprint density at radius 2 is 1.45 bits per heavy atom. The van der Waals surface area contributed by atoms with Gasteiger partial charge in [0.25, 0.3) is 0 Å². The maximum Gasteiger partial charge on any atom is 0.407 e. The van der Waals surface area contributed by atoms with Gasteiger partial charge in [0.15, 0.2) is 0 Å². The molecule has 0 spiro atoms. The summed E-state index contributed by atoms with van der Waals surface area (Å²) in [5.41, 5.74) is 5.24. The smallest absolute Gasteiger partial charge is 0.407 e. The van der Waals surface area contributed by atoms with E-state index in [-0.39, 0.29) is 25.7 Å². The van der Waals surface area contributed by atoms with Crippen molar-refractivity contribution in [2.24, 2.45) is 0 Å². The largest absolute Gasteiger partial charge is 0.480 e. The zero-order valence-electron chi connectivity index (χ0n) is 22.9. The lowest BCUT2D eigenvalue weighted by Gasteiger charge is -2.27. The molecule has 1 aliphatic carbocycles. The van der Waals surface area contributed by atoms with Crippen LogP contribution in [0, 0.1) is 0 Å². The lowest BCUT2D eigenvalue weighted by molar-refractivity contribution is -0.143. The lowest BCUT2D eigenvalue weighted by Crippen LogP contribution is -2.57. The SMILES string of the molecule is CC(OCc1ccccc1)C(NC(=O)OCC1c2ccccc2-c2ccccc21)C(=O)N[C@@H](CN(C)C)C(=O)O. The summed E-state index contributed by atoms with van der Waals surface area (Å²) in [5.74, 6) is -2.00. The number of carboxylic acids is 1. The summed E-state index contributed by atoms with van der Waals surface area (Å²) in [6.45, 7) is 2.01. The molecule has 0 aromatic heterocycles. The first kappa shape index (κ1) is 28.8. The summed E-state index contributed by atoms with van der Waals surface area (Å²) in [4.78, 5) is 39.7. The Kier molecular flexibility index (Phi) is 9.52. The summed E-state index contributed by atoms with van der Waals surface area (Å²) < 4.78 is 11.6. The molecule has 0 saturated heterocycles. The number of hydrogen-bond acceptors (Lipinski definition) is 6. The predicted octanol–water partition coefficient (Wildman–Crippen LogP) is 3.63. The molecular formula is C31H35N3O6. The molecule has 0 saturated carbocycles. The number of ether oxygens (including phenoxy) is 2. The monoisotopic (exact) mass is 545 g/mol. The fourth-order valence-electron chi connectivity index (χ4n) is 4.87. The molecule has 210 valence electrons. The predicted molar refractivity (Wildman–Crippen MR) is 151 cm³/mol. The number of likely N-dealkylation sites (N-methyl/N-ethyl adjacent to an activating group) is 1. The number of benzene rings is 3. The molecule has 3 N–H and O–H groups in total. The maximum absolute atomic E-state index is 13.3. The Balaban J connectivity index is 1.46. The van der Waals surface area contributed by atoms with Gasteiger partial charge < -0.3 is 30.1 Å². The van der Waals surface area contributed by atoms with Crippen molar-refractivity contribution < 1.29 is 29.0 Å². The van der Waals surface area contributed by atoms with E-state index in [1.165, 1.54) is 0 Å². The third-order valence-corrected chi connectivity index (χ3v) is 6.89. The highest BCUT2D eigenvalue weighted by atomic mass is 16.5. The Morgan fingerprint density at radius 1 is 0.875 bits per heavy atom. The van der Waals surface area contributed by atoms with Gasteiger partial charge in [0.1, 0.15) is 18.7 Å². The van der Waals surface area contributed by atoms with Gasteiger partial charge in [-0.05, 0) is 48.8 Å². The van der Waals surface area contributed by atoms with E-state index in [1.54, 1.807) is 25.9 Å². The number of hydrogen-bond donors (Lipinski definition) is 3. The van der Waals surface area contributed by atoms with Crippen LogP contribution >= 0.6 is 0 Å². The second-order valence-corrected chi connectivity index (χ2v) is 10.1. The van der Waals surface area contributed by atoms with E-state index in [1.807, 2.05) is 78.9 Å². The molecule has 2 unspecified atom stereocenters. The number of alkyl carbamates (subject to hydrolysis) is 1. The zero-order chi connectivity index (χ0) is 28.6. The summed E-state index contributed by atoms with van der Waals surface area (Å²) >= 11 is 0. The summed E-state index contributed by atoms with van der Waals surface area (Å²) in [6.07, 6.45) is -1.58. The third-order valence-electron chi connectivity index (χ3n) is 6.89. The van der Waals surface area contributed by atoms with Gasteiger partial charge in [0.2, 0.25) is 5.91 Å².